The lowest BCUT2D eigenvalue weighted by molar-refractivity contribution is 0.102. The summed E-state index contributed by atoms with van der Waals surface area (Å²) in [6.07, 6.45) is 6.88. The minimum atomic E-state index is -0.569. The molecule has 0 atom stereocenters. The number of carbonyl (C=O) groups is 1. The van der Waals surface area contributed by atoms with E-state index in [9.17, 15) is 15.0 Å². The third-order valence-corrected chi connectivity index (χ3v) is 6.83. The second-order valence-electron chi connectivity index (χ2n) is 9.33. The predicted octanol–water partition coefficient (Wildman–Crippen LogP) is 6.97. The molecule has 5 rings (SSSR count). The molecule has 242 valence electrons. The average Bonchev–Trinajstić information content (AvgIpc) is 2.91. The van der Waals surface area contributed by atoms with Crippen LogP contribution in [0.3, 0.4) is 0 Å². The van der Waals surface area contributed by atoms with E-state index in [1.54, 1.807) is 12.1 Å². The number of benzene rings is 2. The molecular formula is C26H51Cl2N11O3. The second-order valence-corrected chi connectivity index (χ2v) is 9.76. The van der Waals surface area contributed by atoms with Crippen molar-refractivity contribution in [2.24, 2.45) is 0 Å². The molecule has 2 aromatic carbocycles. The predicted molar refractivity (Wildman–Crippen MR) is 180 cm³/mol. The Bertz CT molecular complexity index is 1270. The molecule has 42 heavy (non-hydrogen) atoms. The van der Waals surface area contributed by atoms with Gasteiger partial charge in [0.25, 0.3) is 5.91 Å². The number of amides is 1. The van der Waals surface area contributed by atoms with Crippen molar-refractivity contribution in [2.75, 3.05) is 46.6 Å². The fourth-order valence-electron chi connectivity index (χ4n) is 4.61. The van der Waals surface area contributed by atoms with Crippen molar-refractivity contribution in [3.8, 4) is 11.5 Å². The first-order chi connectivity index (χ1) is 18.0. The summed E-state index contributed by atoms with van der Waals surface area (Å²) in [5.41, 5.74) is 0.806. The molecule has 2 saturated heterocycles. The standard InChI is InChI=1S/C26H30ClN7O3.ClH.4H3N.4H2/c27-17-7-9-19(21(35)15-17)23(37)29-20-10-8-18(16-22(20)36)28-24-30-25(33-11-3-1-4-12-33)32-26(31-24)34-13-5-2-6-14-34;;;;;;;;;/h7-10,15-16,35-36H,1-6,11-14H2,(H,29,37)(H,28,30,31,32);1H;4*1H3;4*1H. The first-order valence-electron chi connectivity index (χ1n) is 12.6. The minimum Gasteiger partial charge on any atom is -0.507 e. The summed E-state index contributed by atoms with van der Waals surface area (Å²) in [5.74, 6) is 0.765. The average molecular weight is 637 g/mol. The number of phenolic OH excluding ortho intramolecular Hbond substituents is 2. The lowest BCUT2D eigenvalue weighted by Gasteiger charge is -2.30. The first-order valence-corrected chi connectivity index (χ1v) is 13.0. The normalized spacial score (nSPS) is 14.0. The number of carbonyl (C=O) groups excluding carboxylic acids is 1. The van der Waals surface area contributed by atoms with Crippen LogP contribution >= 0.6 is 24.0 Å². The molecule has 3 heterocycles. The highest BCUT2D eigenvalue weighted by molar-refractivity contribution is 6.31. The van der Waals surface area contributed by atoms with Crippen molar-refractivity contribution in [1.29, 1.82) is 0 Å². The molecule has 2 fully saturated rings. The van der Waals surface area contributed by atoms with E-state index in [1.807, 2.05) is 0 Å². The molecule has 0 spiro atoms. The Hall–Kier alpha value is -3.66. The fourth-order valence-corrected chi connectivity index (χ4v) is 4.78. The van der Waals surface area contributed by atoms with Gasteiger partial charge in [0.05, 0.1) is 11.3 Å². The van der Waals surface area contributed by atoms with Crippen molar-refractivity contribution in [3.63, 3.8) is 0 Å². The van der Waals surface area contributed by atoms with Crippen LogP contribution in [0.15, 0.2) is 36.4 Å². The maximum atomic E-state index is 12.6. The first kappa shape index (κ1) is 38.3. The second kappa shape index (κ2) is 17.3. The highest BCUT2D eigenvalue weighted by Gasteiger charge is 2.21. The van der Waals surface area contributed by atoms with Gasteiger partial charge in [-0.3, -0.25) is 4.79 Å². The number of aromatic hydroxyl groups is 2. The third kappa shape index (κ3) is 9.17. The van der Waals surface area contributed by atoms with Crippen LogP contribution in [0.25, 0.3) is 0 Å². The van der Waals surface area contributed by atoms with Gasteiger partial charge in [-0.15, -0.1) is 12.4 Å². The minimum absolute atomic E-state index is 0. The topological polar surface area (TPSA) is 267 Å². The molecule has 0 bridgehead atoms. The SMILES string of the molecule is Cl.N.N.N.N.O=C(Nc1ccc(Nc2nc(N3CCCCC3)nc(N3CCCCC3)n2)cc1O)c1ccc(Cl)cc1O.[HH].[HH].[HH].[HH]. The number of halogens is 2. The monoisotopic (exact) mass is 635 g/mol. The molecule has 16 heteroatoms. The van der Waals surface area contributed by atoms with E-state index in [0.717, 1.165) is 51.9 Å². The van der Waals surface area contributed by atoms with Crippen LogP contribution in [0.5, 0.6) is 11.5 Å². The maximum absolute atomic E-state index is 12.6. The van der Waals surface area contributed by atoms with Crippen molar-refractivity contribution in [1.82, 2.24) is 39.6 Å². The molecule has 2 aliphatic rings. The summed E-state index contributed by atoms with van der Waals surface area (Å²) >= 11 is 5.84. The smallest absolute Gasteiger partial charge is 0.259 e. The van der Waals surface area contributed by atoms with Gasteiger partial charge >= 0.3 is 0 Å². The summed E-state index contributed by atoms with van der Waals surface area (Å²) in [6, 6.07) is 8.98. The van der Waals surface area contributed by atoms with Gasteiger partial charge in [-0.25, -0.2) is 0 Å². The van der Waals surface area contributed by atoms with Crippen LogP contribution in [0.1, 0.15) is 54.6 Å². The van der Waals surface area contributed by atoms with E-state index in [4.69, 9.17) is 16.6 Å². The van der Waals surface area contributed by atoms with E-state index in [2.05, 4.69) is 30.4 Å². The Morgan fingerprint density at radius 3 is 1.81 bits per heavy atom. The molecular weight excluding hydrogens is 585 g/mol. The van der Waals surface area contributed by atoms with E-state index in [-0.39, 0.29) is 65.5 Å². The number of phenols is 2. The van der Waals surface area contributed by atoms with Crippen LogP contribution in [-0.4, -0.2) is 57.3 Å². The van der Waals surface area contributed by atoms with Crippen LogP contribution in [0, 0.1) is 0 Å². The fraction of sp³-hybridized carbons (Fsp3) is 0.385. The molecule has 0 radical (unpaired) electrons. The van der Waals surface area contributed by atoms with Gasteiger partial charge in [0, 0.05) is 48.7 Å². The summed E-state index contributed by atoms with van der Waals surface area (Å²) in [4.78, 5) is 31.1. The Balaban J connectivity index is -0.000000623. The number of nitrogens with zero attached hydrogens (tertiary/aromatic N) is 5. The van der Waals surface area contributed by atoms with Gasteiger partial charge in [-0.1, -0.05) is 11.6 Å². The van der Waals surface area contributed by atoms with E-state index < -0.39 is 5.91 Å². The van der Waals surface area contributed by atoms with Crippen LogP contribution in [0.2, 0.25) is 5.02 Å². The number of nitrogens with one attached hydrogen (secondary N) is 2. The van der Waals surface area contributed by atoms with Gasteiger partial charge in [-0.2, -0.15) is 15.0 Å². The van der Waals surface area contributed by atoms with Crippen molar-refractivity contribution >= 4 is 59.1 Å². The van der Waals surface area contributed by atoms with E-state index in [0.29, 0.717) is 28.6 Å². The van der Waals surface area contributed by atoms with Crippen molar-refractivity contribution < 1.29 is 20.7 Å². The van der Waals surface area contributed by atoms with Gasteiger partial charge in [0.15, 0.2) is 0 Å². The quantitative estimate of drug-likeness (QED) is 0.127. The van der Waals surface area contributed by atoms with Crippen LogP contribution in [-0.2, 0) is 0 Å². The van der Waals surface area contributed by atoms with Gasteiger partial charge < -0.3 is 55.2 Å². The number of piperidine rings is 2. The lowest BCUT2D eigenvalue weighted by Crippen LogP contribution is -2.34. The number of hydrogen-bond donors (Lipinski definition) is 8. The Morgan fingerprint density at radius 1 is 0.762 bits per heavy atom. The maximum Gasteiger partial charge on any atom is 0.259 e. The Labute approximate surface area is 263 Å². The summed E-state index contributed by atoms with van der Waals surface area (Å²) in [5, 5.41) is 26.7. The molecule has 2 aliphatic heterocycles. The summed E-state index contributed by atoms with van der Waals surface area (Å²) < 4.78 is 0. The number of anilines is 5. The Morgan fingerprint density at radius 2 is 1.31 bits per heavy atom. The largest absolute Gasteiger partial charge is 0.507 e. The zero-order chi connectivity index (χ0) is 25.8. The summed E-state index contributed by atoms with van der Waals surface area (Å²) in [6.45, 7) is 3.67. The Kier molecular flexibility index (Phi) is 15.8. The molecule has 0 unspecified atom stereocenters. The zero-order valence-corrected chi connectivity index (χ0v) is 25.3. The lowest BCUT2D eigenvalue weighted by atomic mass is 10.1. The summed E-state index contributed by atoms with van der Waals surface area (Å²) in [7, 11) is 0. The van der Waals surface area contributed by atoms with E-state index >= 15 is 0 Å². The van der Waals surface area contributed by atoms with Gasteiger partial charge in [-0.05, 0) is 68.9 Å². The van der Waals surface area contributed by atoms with Crippen LogP contribution < -0.4 is 45.0 Å². The van der Waals surface area contributed by atoms with Gasteiger partial charge in [0.2, 0.25) is 17.8 Å². The van der Waals surface area contributed by atoms with E-state index in [1.165, 1.54) is 37.1 Å². The molecule has 3 aromatic rings. The molecule has 0 saturated carbocycles. The molecule has 16 N–H and O–H groups in total. The highest BCUT2D eigenvalue weighted by Crippen LogP contribution is 2.31. The molecule has 1 aromatic heterocycles. The highest BCUT2D eigenvalue weighted by atomic mass is 35.5. The van der Waals surface area contributed by atoms with Crippen LogP contribution in [0.4, 0.5) is 29.2 Å². The molecule has 0 aliphatic carbocycles. The molecule has 14 nitrogen and oxygen atoms in total. The number of rotatable bonds is 6. The molecule has 1 amide bonds. The van der Waals surface area contributed by atoms with Crippen molar-refractivity contribution in [2.45, 2.75) is 38.5 Å². The third-order valence-electron chi connectivity index (χ3n) is 6.60. The number of hydrogen-bond acceptors (Lipinski definition) is 13. The zero-order valence-electron chi connectivity index (χ0n) is 23.7. The van der Waals surface area contributed by atoms with Gasteiger partial charge in [0.1, 0.15) is 11.5 Å². The number of aromatic nitrogens is 3. The van der Waals surface area contributed by atoms with Crippen molar-refractivity contribution in [3.05, 3.63) is 47.0 Å².